The summed E-state index contributed by atoms with van der Waals surface area (Å²) < 4.78 is 0.785. The molecule has 0 saturated heterocycles. The summed E-state index contributed by atoms with van der Waals surface area (Å²) in [7, 11) is 0. The summed E-state index contributed by atoms with van der Waals surface area (Å²) in [4.78, 5) is 10.9. The van der Waals surface area contributed by atoms with Crippen molar-refractivity contribution in [2.75, 3.05) is 0 Å². The molecule has 1 aliphatic rings. The highest BCUT2D eigenvalue weighted by Crippen LogP contribution is 2.21. The lowest BCUT2D eigenvalue weighted by atomic mass is 10.1. The van der Waals surface area contributed by atoms with Crippen LogP contribution < -0.4 is 5.32 Å². The molecule has 1 saturated carbocycles. The zero-order valence-electron chi connectivity index (χ0n) is 11.3. The topological polar surface area (TPSA) is 69.6 Å². The van der Waals surface area contributed by atoms with Gasteiger partial charge in [-0.05, 0) is 30.5 Å². The van der Waals surface area contributed by atoms with Crippen molar-refractivity contribution in [1.29, 1.82) is 0 Å². The van der Waals surface area contributed by atoms with E-state index in [1.54, 1.807) is 12.1 Å². The lowest BCUT2D eigenvalue weighted by Gasteiger charge is -2.22. The quantitative estimate of drug-likeness (QED) is 0.736. The van der Waals surface area contributed by atoms with E-state index in [1.165, 1.54) is 6.42 Å². The molecule has 4 nitrogen and oxygen atoms in total. The fraction of sp³-hybridized carbons (Fsp3) is 0.533. The molecule has 2 rings (SSSR count). The van der Waals surface area contributed by atoms with Gasteiger partial charge >= 0.3 is 5.97 Å². The Hall–Kier alpha value is -0.910. The highest BCUT2D eigenvalue weighted by Gasteiger charge is 2.21. The van der Waals surface area contributed by atoms with Crippen molar-refractivity contribution < 1.29 is 15.0 Å². The van der Waals surface area contributed by atoms with Crippen molar-refractivity contribution in [3.8, 4) is 0 Å². The van der Waals surface area contributed by atoms with Crippen LogP contribution in [-0.4, -0.2) is 28.3 Å². The summed E-state index contributed by atoms with van der Waals surface area (Å²) in [5.41, 5.74) is 1.28. The van der Waals surface area contributed by atoms with Gasteiger partial charge in [0.2, 0.25) is 0 Å². The number of hydrogen-bond donors (Lipinski definition) is 3. The number of benzene rings is 1. The van der Waals surface area contributed by atoms with Gasteiger partial charge in [0.05, 0.1) is 11.7 Å². The van der Waals surface area contributed by atoms with Crippen LogP contribution in [0.5, 0.6) is 0 Å². The third-order valence-electron chi connectivity index (χ3n) is 3.83. The first-order valence-corrected chi connectivity index (χ1v) is 7.80. The third kappa shape index (κ3) is 4.04. The minimum atomic E-state index is -0.926. The molecular weight excluding hydrogens is 322 g/mol. The average Bonchev–Trinajstić information content (AvgIpc) is 2.62. The second-order valence-electron chi connectivity index (χ2n) is 5.30. The monoisotopic (exact) mass is 341 g/mol. The van der Waals surface area contributed by atoms with E-state index in [4.69, 9.17) is 5.11 Å². The number of carbonyl (C=O) groups is 1. The molecule has 0 aliphatic heterocycles. The number of aromatic carboxylic acids is 1. The van der Waals surface area contributed by atoms with Gasteiger partial charge in [-0.25, -0.2) is 4.79 Å². The van der Waals surface area contributed by atoms with Gasteiger partial charge in [0, 0.05) is 17.1 Å². The fourth-order valence-electron chi connectivity index (χ4n) is 2.59. The van der Waals surface area contributed by atoms with Crippen molar-refractivity contribution >= 4 is 21.9 Å². The summed E-state index contributed by atoms with van der Waals surface area (Å²) in [5.74, 6) is -0.926. The smallest absolute Gasteiger partial charge is 0.335 e. The molecule has 3 N–H and O–H groups in total. The van der Waals surface area contributed by atoms with Crippen molar-refractivity contribution in [3.05, 3.63) is 33.8 Å². The van der Waals surface area contributed by atoms with E-state index in [9.17, 15) is 9.90 Å². The van der Waals surface area contributed by atoms with E-state index in [1.807, 2.05) is 6.07 Å². The summed E-state index contributed by atoms with van der Waals surface area (Å²) in [5, 5.41) is 22.4. The zero-order chi connectivity index (χ0) is 14.5. The van der Waals surface area contributed by atoms with Gasteiger partial charge in [-0.1, -0.05) is 41.3 Å². The van der Waals surface area contributed by atoms with Crippen molar-refractivity contribution in [3.63, 3.8) is 0 Å². The molecule has 20 heavy (non-hydrogen) atoms. The first-order chi connectivity index (χ1) is 9.58. The molecule has 0 radical (unpaired) electrons. The zero-order valence-corrected chi connectivity index (χ0v) is 12.9. The van der Waals surface area contributed by atoms with Gasteiger partial charge < -0.3 is 15.5 Å². The largest absolute Gasteiger partial charge is 0.478 e. The number of hydrogen-bond acceptors (Lipinski definition) is 3. The van der Waals surface area contributed by atoms with E-state index >= 15 is 0 Å². The van der Waals surface area contributed by atoms with Crippen molar-refractivity contribution in [1.82, 2.24) is 5.32 Å². The lowest BCUT2D eigenvalue weighted by molar-refractivity contribution is 0.0697. The Morgan fingerprint density at radius 2 is 2.05 bits per heavy atom. The Labute approximate surface area is 127 Å². The van der Waals surface area contributed by atoms with Crippen LogP contribution in [0.25, 0.3) is 0 Å². The minimum Gasteiger partial charge on any atom is -0.478 e. The Morgan fingerprint density at radius 1 is 1.30 bits per heavy atom. The lowest BCUT2D eigenvalue weighted by Crippen LogP contribution is -2.38. The number of aliphatic hydroxyl groups is 1. The number of nitrogens with one attached hydrogen (secondary N) is 1. The Balaban J connectivity index is 1.97. The van der Waals surface area contributed by atoms with Crippen LogP contribution in [0.3, 0.4) is 0 Å². The van der Waals surface area contributed by atoms with Crippen LogP contribution in [-0.2, 0) is 6.54 Å². The Bertz CT molecular complexity index is 478. The molecule has 1 aromatic rings. The van der Waals surface area contributed by atoms with Crippen LogP contribution in [0.1, 0.15) is 48.0 Å². The van der Waals surface area contributed by atoms with Gasteiger partial charge in [0.25, 0.3) is 0 Å². The molecule has 2 atom stereocenters. The molecule has 1 fully saturated rings. The molecule has 0 bridgehead atoms. The highest BCUT2D eigenvalue weighted by molar-refractivity contribution is 9.10. The number of rotatable bonds is 4. The van der Waals surface area contributed by atoms with E-state index in [-0.39, 0.29) is 17.7 Å². The van der Waals surface area contributed by atoms with E-state index in [0.717, 1.165) is 35.7 Å². The van der Waals surface area contributed by atoms with Crippen LogP contribution >= 0.6 is 15.9 Å². The molecule has 0 amide bonds. The van der Waals surface area contributed by atoms with Crippen molar-refractivity contribution in [2.45, 2.75) is 50.8 Å². The maximum atomic E-state index is 10.9. The van der Waals surface area contributed by atoms with Gasteiger partial charge in [-0.15, -0.1) is 0 Å². The molecule has 1 aromatic carbocycles. The van der Waals surface area contributed by atoms with Crippen LogP contribution in [0.2, 0.25) is 0 Å². The van der Waals surface area contributed by atoms with Gasteiger partial charge in [-0.2, -0.15) is 0 Å². The van der Waals surface area contributed by atoms with Crippen LogP contribution in [0, 0.1) is 0 Å². The number of carboxylic acids is 1. The molecule has 1 aliphatic carbocycles. The van der Waals surface area contributed by atoms with Crippen LogP contribution in [0.4, 0.5) is 0 Å². The summed E-state index contributed by atoms with van der Waals surface area (Å²) in [6, 6.07) is 5.16. The SMILES string of the molecule is O=C(O)c1ccc(CNC2CCCCCC2O)c(Br)c1. The summed E-state index contributed by atoms with van der Waals surface area (Å²) in [6.45, 7) is 0.627. The first-order valence-electron chi connectivity index (χ1n) is 7.01. The number of carboxylic acid groups (broad SMARTS) is 1. The molecule has 110 valence electrons. The summed E-state index contributed by atoms with van der Waals surface area (Å²) >= 11 is 3.41. The van der Waals surface area contributed by atoms with Gasteiger partial charge in [0.1, 0.15) is 0 Å². The maximum Gasteiger partial charge on any atom is 0.335 e. The second-order valence-corrected chi connectivity index (χ2v) is 6.16. The first kappa shape index (κ1) is 15.5. The van der Waals surface area contributed by atoms with Crippen molar-refractivity contribution in [2.24, 2.45) is 0 Å². The Morgan fingerprint density at radius 3 is 2.75 bits per heavy atom. The summed E-state index contributed by atoms with van der Waals surface area (Å²) in [6.07, 6.45) is 4.99. The molecular formula is C15H20BrNO3. The minimum absolute atomic E-state index is 0.128. The number of halogens is 1. The molecule has 2 unspecified atom stereocenters. The van der Waals surface area contributed by atoms with Crippen LogP contribution in [0.15, 0.2) is 22.7 Å². The van der Waals surface area contributed by atoms with E-state index in [2.05, 4.69) is 21.2 Å². The average molecular weight is 342 g/mol. The Kier molecular flexibility index (Phi) is 5.57. The van der Waals surface area contributed by atoms with E-state index in [0.29, 0.717) is 6.54 Å². The predicted octanol–water partition coefficient (Wildman–Crippen LogP) is 2.93. The third-order valence-corrected chi connectivity index (χ3v) is 4.57. The van der Waals surface area contributed by atoms with Gasteiger partial charge in [-0.3, -0.25) is 0 Å². The fourth-order valence-corrected chi connectivity index (χ4v) is 3.11. The molecule has 0 heterocycles. The molecule has 0 aromatic heterocycles. The number of aliphatic hydroxyl groups excluding tert-OH is 1. The van der Waals surface area contributed by atoms with E-state index < -0.39 is 5.97 Å². The molecule has 0 spiro atoms. The van der Waals surface area contributed by atoms with Gasteiger partial charge in [0.15, 0.2) is 0 Å². The standard InChI is InChI=1S/C15H20BrNO3/c16-12-8-10(15(19)20)6-7-11(12)9-17-13-4-2-1-3-5-14(13)18/h6-8,13-14,17-18H,1-5,9H2,(H,19,20). The maximum absolute atomic E-state index is 10.9. The second kappa shape index (κ2) is 7.20. The molecule has 5 heteroatoms. The predicted molar refractivity (Wildman–Crippen MR) is 80.8 cm³/mol. The normalized spacial score (nSPS) is 23.3. The highest BCUT2D eigenvalue weighted by atomic mass is 79.9.